The van der Waals surface area contributed by atoms with Crippen molar-refractivity contribution in [2.45, 2.75) is 39.8 Å². The summed E-state index contributed by atoms with van der Waals surface area (Å²) in [6.45, 7) is 5.83. The maximum atomic E-state index is 4.66. The van der Waals surface area contributed by atoms with Crippen LogP contribution in [0.25, 0.3) is 11.6 Å². The molecule has 0 spiro atoms. The zero-order chi connectivity index (χ0) is 13.2. The van der Waals surface area contributed by atoms with Crippen molar-refractivity contribution in [2.24, 2.45) is 0 Å². The summed E-state index contributed by atoms with van der Waals surface area (Å²) in [5.41, 5.74) is 4.53. The van der Waals surface area contributed by atoms with E-state index in [4.69, 9.17) is 0 Å². The maximum Gasteiger partial charge on any atom is 0.198 e. The molecule has 0 aliphatic carbocycles. The standard InChI is InChI=1S/C14H17N5/c1-3-4-11-10-7-15-8-12(10)19-14(18-11)13-16-5-9(2)6-17-13/h5-6,15H,3-4,7-8H2,1-2H3. The second kappa shape index (κ2) is 5.01. The molecule has 5 nitrogen and oxygen atoms in total. The smallest absolute Gasteiger partial charge is 0.198 e. The highest BCUT2D eigenvalue weighted by atomic mass is 15.0. The number of hydrogen-bond acceptors (Lipinski definition) is 5. The van der Waals surface area contributed by atoms with Crippen molar-refractivity contribution in [3.63, 3.8) is 0 Å². The largest absolute Gasteiger partial charge is 0.307 e. The first-order valence-corrected chi connectivity index (χ1v) is 6.66. The van der Waals surface area contributed by atoms with Crippen molar-refractivity contribution in [2.75, 3.05) is 0 Å². The van der Waals surface area contributed by atoms with Gasteiger partial charge in [0, 0.05) is 36.7 Å². The zero-order valence-corrected chi connectivity index (χ0v) is 11.3. The van der Waals surface area contributed by atoms with Gasteiger partial charge >= 0.3 is 0 Å². The summed E-state index contributed by atoms with van der Waals surface area (Å²) in [5, 5.41) is 3.33. The van der Waals surface area contributed by atoms with Gasteiger partial charge in [-0.15, -0.1) is 0 Å². The summed E-state index contributed by atoms with van der Waals surface area (Å²) in [4.78, 5) is 17.9. The molecular weight excluding hydrogens is 238 g/mol. The predicted molar refractivity (Wildman–Crippen MR) is 72.3 cm³/mol. The Morgan fingerprint density at radius 1 is 1.11 bits per heavy atom. The van der Waals surface area contributed by atoms with Crippen molar-refractivity contribution in [3.05, 3.63) is 34.9 Å². The van der Waals surface area contributed by atoms with Crippen LogP contribution in [0.5, 0.6) is 0 Å². The first-order valence-electron chi connectivity index (χ1n) is 6.66. The van der Waals surface area contributed by atoms with E-state index >= 15 is 0 Å². The molecule has 0 saturated heterocycles. The third kappa shape index (κ3) is 2.33. The van der Waals surface area contributed by atoms with E-state index < -0.39 is 0 Å². The minimum Gasteiger partial charge on any atom is -0.307 e. The van der Waals surface area contributed by atoms with Gasteiger partial charge in [-0.05, 0) is 18.9 Å². The lowest BCUT2D eigenvalue weighted by Gasteiger charge is -2.08. The van der Waals surface area contributed by atoms with Crippen LogP contribution in [0.3, 0.4) is 0 Å². The van der Waals surface area contributed by atoms with Crippen LogP contribution in [0.2, 0.25) is 0 Å². The highest BCUT2D eigenvalue weighted by Gasteiger charge is 2.19. The lowest BCUT2D eigenvalue weighted by molar-refractivity contribution is 0.753. The van der Waals surface area contributed by atoms with Gasteiger partial charge in [0.15, 0.2) is 11.6 Å². The number of rotatable bonds is 3. The summed E-state index contributed by atoms with van der Waals surface area (Å²) in [5.74, 6) is 1.25. The number of aromatic nitrogens is 4. The van der Waals surface area contributed by atoms with Gasteiger partial charge in [-0.1, -0.05) is 13.3 Å². The fraction of sp³-hybridized carbons (Fsp3) is 0.429. The quantitative estimate of drug-likeness (QED) is 0.906. The molecule has 1 N–H and O–H groups in total. The van der Waals surface area contributed by atoms with Gasteiger partial charge in [0.25, 0.3) is 0 Å². The predicted octanol–water partition coefficient (Wildman–Crippen LogP) is 1.80. The molecule has 0 fully saturated rings. The number of nitrogens with zero attached hydrogens (tertiary/aromatic N) is 4. The molecule has 2 aromatic rings. The van der Waals surface area contributed by atoms with Gasteiger partial charge in [0.2, 0.25) is 0 Å². The van der Waals surface area contributed by atoms with Crippen LogP contribution >= 0.6 is 0 Å². The molecule has 0 amide bonds. The van der Waals surface area contributed by atoms with E-state index in [1.54, 1.807) is 12.4 Å². The van der Waals surface area contributed by atoms with Crippen LogP contribution in [0.15, 0.2) is 12.4 Å². The first-order chi connectivity index (χ1) is 9.28. The lowest BCUT2D eigenvalue weighted by atomic mass is 10.1. The Morgan fingerprint density at radius 2 is 1.89 bits per heavy atom. The Labute approximate surface area is 112 Å². The van der Waals surface area contributed by atoms with Crippen LogP contribution in [-0.2, 0) is 19.5 Å². The molecule has 2 aromatic heterocycles. The van der Waals surface area contributed by atoms with Gasteiger partial charge in [0.05, 0.1) is 5.69 Å². The van der Waals surface area contributed by atoms with Crippen LogP contribution in [0, 0.1) is 6.92 Å². The molecule has 0 unspecified atom stereocenters. The molecule has 1 aliphatic rings. The SMILES string of the molecule is CCCc1nc(-c2ncc(C)cn2)nc2c1CNC2. The summed E-state index contributed by atoms with van der Waals surface area (Å²) < 4.78 is 0. The Balaban J connectivity index is 2.07. The second-order valence-electron chi connectivity index (χ2n) is 4.86. The average Bonchev–Trinajstić information content (AvgIpc) is 2.88. The fourth-order valence-corrected chi connectivity index (χ4v) is 2.29. The third-order valence-electron chi connectivity index (χ3n) is 3.24. The third-order valence-corrected chi connectivity index (χ3v) is 3.24. The Kier molecular flexibility index (Phi) is 3.21. The van der Waals surface area contributed by atoms with E-state index in [0.29, 0.717) is 11.6 Å². The molecule has 3 rings (SSSR count). The molecule has 0 aromatic carbocycles. The van der Waals surface area contributed by atoms with E-state index in [0.717, 1.165) is 42.9 Å². The van der Waals surface area contributed by atoms with E-state index in [1.165, 1.54) is 5.56 Å². The number of aryl methyl sites for hydroxylation is 2. The molecule has 19 heavy (non-hydrogen) atoms. The van der Waals surface area contributed by atoms with Crippen molar-refractivity contribution >= 4 is 0 Å². The molecule has 0 saturated carbocycles. The van der Waals surface area contributed by atoms with Gasteiger partial charge in [-0.25, -0.2) is 19.9 Å². The molecule has 0 radical (unpaired) electrons. The monoisotopic (exact) mass is 255 g/mol. The highest BCUT2D eigenvalue weighted by molar-refractivity contribution is 5.46. The molecular formula is C14H17N5. The minimum absolute atomic E-state index is 0.609. The van der Waals surface area contributed by atoms with Crippen molar-refractivity contribution < 1.29 is 0 Å². The van der Waals surface area contributed by atoms with Crippen LogP contribution in [0.1, 0.15) is 35.9 Å². The second-order valence-corrected chi connectivity index (χ2v) is 4.86. The van der Waals surface area contributed by atoms with Crippen molar-refractivity contribution in [3.8, 4) is 11.6 Å². The van der Waals surface area contributed by atoms with Crippen molar-refractivity contribution in [1.82, 2.24) is 25.3 Å². The first kappa shape index (κ1) is 12.2. The van der Waals surface area contributed by atoms with Gasteiger partial charge < -0.3 is 5.32 Å². The molecule has 3 heterocycles. The lowest BCUT2D eigenvalue weighted by Crippen LogP contribution is -2.05. The Bertz CT molecular complexity index is 592. The van der Waals surface area contributed by atoms with E-state index in [2.05, 4.69) is 32.2 Å². The molecule has 0 bridgehead atoms. The molecule has 5 heteroatoms. The number of nitrogens with one attached hydrogen (secondary N) is 1. The summed E-state index contributed by atoms with van der Waals surface area (Å²) in [6, 6.07) is 0. The number of hydrogen-bond donors (Lipinski definition) is 1. The van der Waals surface area contributed by atoms with Crippen molar-refractivity contribution in [1.29, 1.82) is 0 Å². The van der Waals surface area contributed by atoms with E-state index in [1.807, 2.05) is 6.92 Å². The summed E-state index contributed by atoms with van der Waals surface area (Å²) in [7, 11) is 0. The molecule has 1 aliphatic heterocycles. The molecule has 98 valence electrons. The normalized spacial score (nSPS) is 13.6. The van der Waals surface area contributed by atoms with E-state index in [-0.39, 0.29) is 0 Å². The highest BCUT2D eigenvalue weighted by Crippen LogP contribution is 2.21. The topological polar surface area (TPSA) is 63.6 Å². The summed E-state index contributed by atoms with van der Waals surface area (Å²) in [6.07, 6.45) is 5.66. The minimum atomic E-state index is 0.609. The number of fused-ring (bicyclic) bond motifs is 1. The Morgan fingerprint density at radius 3 is 2.63 bits per heavy atom. The average molecular weight is 255 g/mol. The molecule has 0 atom stereocenters. The Hall–Kier alpha value is -1.88. The van der Waals surface area contributed by atoms with Crippen LogP contribution in [0.4, 0.5) is 0 Å². The van der Waals surface area contributed by atoms with Crippen LogP contribution in [-0.4, -0.2) is 19.9 Å². The summed E-state index contributed by atoms with van der Waals surface area (Å²) >= 11 is 0. The van der Waals surface area contributed by atoms with Gasteiger partial charge in [-0.3, -0.25) is 0 Å². The van der Waals surface area contributed by atoms with Gasteiger partial charge in [0.1, 0.15) is 0 Å². The zero-order valence-electron chi connectivity index (χ0n) is 11.3. The maximum absolute atomic E-state index is 4.66. The van der Waals surface area contributed by atoms with Crippen LogP contribution < -0.4 is 5.32 Å². The fourth-order valence-electron chi connectivity index (χ4n) is 2.29. The van der Waals surface area contributed by atoms with Gasteiger partial charge in [-0.2, -0.15) is 0 Å². The van der Waals surface area contributed by atoms with E-state index in [9.17, 15) is 0 Å².